The van der Waals surface area contributed by atoms with Crippen molar-refractivity contribution in [1.82, 2.24) is 14.9 Å². The van der Waals surface area contributed by atoms with Crippen molar-refractivity contribution in [1.29, 1.82) is 0 Å². The third-order valence-corrected chi connectivity index (χ3v) is 4.96. The second-order valence-electron chi connectivity index (χ2n) is 6.79. The number of carbonyl (C=O) groups excluding carboxylic acids is 1. The molecule has 0 radical (unpaired) electrons. The second kappa shape index (κ2) is 7.27. The van der Waals surface area contributed by atoms with Gasteiger partial charge in [-0.15, -0.1) is 0 Å². The lowest BCUT2D eigenvalue weighted by Gasteiger charge is -2.26. The van der Waals surface area contributed by atoms with Gasteiger partial charge in [-0.1, -0.05) is 36.4 Å². The Bertz CT molecular complexity index is 1000. The lowest BCUT2D eigenvalue weighted by Crippen LogP contribution is -2.36. The largest absolute Gasteiger partial charge is 0.450 e. The molecule has 0 bridgehead atoms. The smallest absolute Gasteiger partial charge is 0.410 e. The first-order valence-electron chi connectivity index (χ1n) is 9.30. The number of aryl methyl sites for hydroxylation is 1. The first kappa shape index (κ1) is 17.3. The Kier molecular flexibility index (Phi) is 4.67. The first-order chi connectivity index (χ1) is 13.2. The molecular formula is C22H23N3O2. The van der Waals surface area contributed by atoms with Gasteiger partial charge in [0.25, 0.3) is 0 Å². The van der Waals surface area contributed by atoms with Crippen molar-refractivity contribution >= 4 is 29.1 Å². The number of aromatic amines is 1. The molecule has 1 N–H and O–H groups in total. The molecule has 0 fully saturated rings. The van der Waals surface area contributed by atoms with Gasteiger partial charge in [-0.2, -0.15) is 0 Å². The van der Waals surface area contributed by atoms with Crippen LogP contribution in [0.5, 0.6) is 0 Å². The van der Waals surface area contributed by atoms with E-state index in [-0.39, 0.29) is 6.09 Å². The van der Waals surface area contributed by atoms with Gasteiger partial charge in [0.15, 0.2) is 0 Å². The number of pyridine rings is 1. The van der Waals surface area contributed by atoms with Crippen LogP contribution >= 0.6 is 0 Å². The van der Waals surface area contributed by atoms with Gasteiger partial charge in [0, 0.05) is 41.5 Å². The molecule has 5 heteroatoms. The number of ether oxygens (including phenoxy) is 1. The fraction of sp³-hybridized carbons (Fsp3) is 0.273. The number of aromatic nitrogens is 2. The molecule has 2 aromatic heterocycles. The summed E-state index contributed by atoms with van der Waals surface area (Å²) in [5.41, 5.74) is 6.73. The fourth-order valence-electron chi connectivity index (χ4n) is 3.53. The molecule has 5 nitrogen and oxygen atoms in total. The summed E-state index contributed by atoms with van der Waals surface area (Å²) in [7, 11) is 0. The summed E-state index contributed by atoms with van der Waals surface area (Å²) in [5, 5.41) is 1.17. The van der Waals surface area contributed by atoms with Gasteiger partial charge in [0.1, 0.15) is 0 Å². The maximum atomic E-state index is 12.1. The van der Waals surface area contributed by atoms with Gasteiger partial charge in [-0.25, -0.2) is 4.79 Å². The summed E-state index contributed by atoms with van der Waals surface area (Å²) < 4.78 is 5.16. The molecule has 0 aliphatic carbocycles. The molecule has 3 heterocycles. The van der Waals surface area contributed by atoms with Crippen LogP contribution in [0.15, 0.2) is 36.5 Å². The van der Waals surface area contributed by atoms with Crippen LogP contribution in [-0.4, -0.2) is 34.1 Å². The van der Waals surface area contributed by atoms with Crippen molar-refractivity contribution < 1.29 is 9.53 Å². The molecule has 4 rings (SSSR count). The van der Waals surface area contributed by atoms with Crippen molar-refractivity contribution in [2.45, 2.75) is 26.8 Å². The zero-order chi connectivity index (χ0) is 18.8. The summed E-state index contributed by atoms with van der Waals surface area (Å²) >= 11 is 0. The number of amides is 1. The molecular weight excluding hydrogens is 338 g/mol. The van der Waals surface area contributed by atoms with Crippen molar-refractivity contribution in [3.8, 4) is 0 Å². The Labute approximate surface area is 158 Å². The van der Waals surface area contributed by atoms with Crippen LogP contribution in [0.4, 0.5) is 4.79 Å². The van der Waals surface area contributed by atoms with E-state index in [4.69, 9.17) is 4.74 Å². The van der Waals surface area contributed by atoms with Crippen LogP contribution < -0.4 is 0 Å². The number of nitrogens with zero attached hydrogens (tertiary/aromatic N) is 2. The topological polar surface area (TPSA) is 58.2 Å². The molecule has 0 saturated carbocycles. The number of fused-ring (bicyclic) bond motifs is 3. The molecule has 1 aliphatic rings. The minimum Gasteiger partial charge on any atom is -0.450 e. The van der Waals surface area contributed by atoms with Gasteiger partial charge in [-0.05, 0) is 31.0 Å². The zero-order valence-corrected chi connectivity index (χ0v) is 15.7. The molecule has 0 spiro atoms. The van der Waals surface area contributed by atoms with Crippen LogP contribution in [0, 0.1) is 6.92 Å². The average molecular weight is 361 g/mol. The Morgan fingerprint density at radius 3 is 2.96 bits per heavy atom. The SMILES string of the molecule is CCOC(=O)N1CCc2[nH]c3c(/C=C/c4ccc(C)nc4)cccc3c2C1. The standard InChI is InChI=1S/C22H23N3O2/c1-3-27-22(26)25-12-11-20-19(14-25)18-6-4-5-17(21(18)24-20)10-9-16-8-7-15(2)23-13-16/h4-10,13,24H,3,11-12,14H2,1-2H3/b10-9+. The number of nitrogens with one attached hydrogen (secondary N) is 1. The monoisotopic (exact) mass is 361 g/mol. The molecule has 1 aromatic carbocycles. The number of rotatable bonds is 3. The highest BCUT2D eigenvalue weighted by molar-refractivity contribution is 5.93. The van der Waals surface area contributed by atoms with Gasteiger partial charge in [-0.3, -0.25) is 4.98 Å². The summed E-state index contributed by atoms with van der Waals surface area (Å²) in [4.78, 5) is 21.8. The van der Waals surface area contributed by atoms with E-state index in [1.807, 2.05) is 26.1 Å². The minimum absolute atomic E-state index is 0.236. The number of benzene rings is 1. The van der Waals surface area contributed by atoms with E-state index < -0.39 is 0 Å². The highest BCUT2D eigenvalue weighted by Gasteiger charge is 2.25. The van der Waals surface area contributed by atoms with Crippen LogP contribution in [0.3, 0.4) is 0 Å². The number of hydrogen-bond acceptors (Lipinski definition) is 3. The normalized spacial score (nSPS) is 13.9. The van der Waals surface area contributed by atoms with Gasteiger partial charge in [0.2, 0.25) is 0 Å². The molecule has 1 aliphatic heterocycles. The number of carbonyl (C=O) groups is 1. The van der Waals surface area contributed by atoms with Crippen LogP contribution in [-0.2, 0) is 17.7 Å². The van der Waals surface area contributed by atoms with E-state index in [0.29, 0.717) is 19.7 Å². The lowest BCUT2D eigenvalue weighted by atomic mass is 10.0. The summed E-state index contributed by atoms with van der Waals surface area (Å²) in [6.45, 7) is 5.49. The Hall–Kier alpha value is -3.08. The number of para-hydroxylation sites is 1. The zero-order valence-electron chi connectivity index (χ0n) is 15.7. The summed E-state index contributed by atoms with van der Waals surface area (Å²) in [6, 6.07) is 10.4. The van der Waals surface area contributed by atoms with Crippen molar-refractivity contribution in [2.24, 2.45) is 0 Å². The third kappa shape index (κ3) is 3.45. The summed E-state index contributed by atoms with van der Waals surface area (Å²) in [6.07, 6.45) is 6.64. The lowest BCUT2D eigenvalue weighted by molar-refractivity contribution is 0.103. The van der Waals surface area contributed by atoms with Crippen LogP contribution in [0.1, 0.15) is 35.0 Å². The van der Waals surface area contributed by atoms with Crippen molar-refractivity contribution in [2.75, 3.05) is 13.2 Å². The molecule has 0 unspecified atom stereocenters. The van der Waals surface area contributed by atoms with E-state index in [1.165, 1.54) is 16.6 Å². The quantitative estimate of drug-likeness (QED) is 0.744. The maximum Gasteiger partial charge on any atom is 0.410 e. The van der Waals surface area contributed by atoms with Crippen molar-refractivity contribution in [3.63, 3.8) is 0 Å². The van der Waals surface area contributed by atoms with Crippen LogP contribution in [0.25, 0.3) is 23.1 Å². The minimum atomic E-state index is -0.236. The van der Waals surface area contributed by atoms with Crippen molar-refractivity contribution in [3.05, 3.63) is 64.6 Å². The predicted molar refractivity (Wildman–Crippen MR) is 107 cm³/mol. The van der Waals surface area contributed by atoms with E-state index >= 15 is 0 Å². The Morgan fingerprint density at radius 2 is 2.19 bits per heavy atom. The van der Waals surface area contributed by atoms with E-state index in [0.717, 1.165) is 28.8 Å². The van der Waals surface area contributed by atoms with E-state index in [2.05, 4.69) is 46.4 Å². The second-order valence-corrected chi connectivity index (χ2v) is 6.79. The van der Waals surface area contributed by atoms with Gasteiger partial charge < -0.3 is 14.6 Å². The molecule has 0 saturated heterocycles. The first-order valence-corrected chi connectivity index (χ1v) is 9.30. The van der Waals surface area contributed by atoms with Gasteiger partial charge in [0.05, 0.1) is 18.7 Å². The highest BCUT2D eigenvalue weighted by atomic mass is 16.6. The third-order valence-electron chi connectivity index (χ3n) is 4.96. The molecule has 1 amide bonds. The average Bonchev–Trinajstić information content (AvgIpc) is 3.06. The summed E-state index contributed by atoms with van der Waals surface area (Å²) in [5.74, 6) is 0. The molecule has 3 aromatic rings. The molecule has 138 valence electrons. The highest BCUT2D eigenvalue weighted by Crippen LogP contribution is 2.30. The van der Waals surface area contributed by atoms with E-state index in [1.54, 1.807) is 4.90 Å². The number of hydrogen-bond donors (Lipinski definition) is 1. The van der Waals surface area contributed by atoms with Crippen LogP contribution in [0.2, 0.25) is 0 Å². The Balaban J connectivity index is 1.65. The fourth-order valence-corrected chi connectivity index (χ4v) is 3.53. The Morgan fingerprint density at radius 1 is 1.30 bits per heavy atom. The van der Waals surface area contributed by atoms with Gasteiger partial charge >= 0.3 is 6.09 Å². The van der Waals surface area contributed by atoms with E-state index in [9.17, 15) is 4.79 Å². The molecule has 27 heavy (non-hydrogen) atoms. The maximum absolute atomic E-state index is 12.1. The number of H-pyrrole nitrogens is 1. The predicted octanol–water partition coefficient (Wildman–Crippen LogP) is 4.56. The molecule has 0 atom stereocenters.